The third-order valence-electron chi connectivity index (χ3n) is 3.69. The Labute approximate surface area is 117 Å². The van der Waals surface area contributed by atoms with Crippen molar-refractivity contribution in [1.82, 2.24) is 10.2 Å². The SMILES string of the molecule is O=C(NCc1cccs1)N1CCC(OCC2CC2)C1. The maximum atomic E-state index is 12.0. The van der Waals surface area contributed by atoms with E-state index in [4.69, 9.17) is 4.74 Å². The van der Waals surface area contributed by atoms with Crippen molar-refractivity contribution in [2.45, 2.75) is 31.9 Å². The molecule has 104 valence electrons. The van der Waals surface area contributed by atoms with Gasteiger partial charge in [0.25, 0.3) is 0 Å². The quantitative estimate of drug-likeness (QED) is 0.900. The molecule has 2 fully saturated rings. The second-order valence-electron chi connectivity index (χ2n) is 5.37. The van der Waals surface area contributed by atoms with Gasteiger partial charge < -0.3 is 15.0 Å². The van der Waals surface area contributed by atoms with Crippen LogP contribution in [0.25, 0.3) is 0 Å². The number of carbonyl (C=O) groups excluding carboxylic acids is 1. The van der Waals surface area contributed by atoms with Gasteiger partial charge >= 0.3 is 6.03 Å². The number of carbonyl (C=O) groups is 1. The molecule has 1 aromatic heterocycles. The average Bonchev–Trinajstić information content (AvgIpc) is 2.94. The Hall–Kier alpha value is -1.07. The highest BCUT2D eigenvalue weighted by Crippen LogP contribution is 2.30. The second kappa shape index (κ2) is 5.92. The van der Waals surface area contributed by atoms with Crippen LogP contribution in [-0.4, -0.2) is 36.7 Å². The van der Waals surface area contributed by atoms with Gasteiger partial charge in [-0.3, -0.25) is 0 Å². The number of urea groups is 1. The van der Waals surface area contributed by atoms with Crippen molar-refractivity contribution in [2.24, 2.45) is 5.92 Å². The number of nitrogens with one attached hydrogen (secondary N) is 1. The maximum Gasteiger partial charge on any atom is 0.317 e. The summed E-state index contributed by atoms with van der Waals surface area (Å²) in [7, 11) is 0. The number of ether oxygens (including phenoxy) is 1. The molecule has 2 heterocycles. The summed E-state index contributed by atoms with van der Waals surface area (Å²) in [5, 5.41) is 4.99. The molecule has 2 amide bonds. The predicted molar refractivity (Wildman–Crippen MR) is 75.2 cm³/mol. The van der Waals surface area contributed by atoms with Crippen molar-refractivity contribution in [3.05, 3.63) is 22.4 Å². The number of nitrogens with zero attached hydrogens (tertiary/aromatic N) is 1. The Balaban J connectivity index is 1.38. The summed E-state index contributed by atoms with van der Waals surface area (Å²) in [6.45, 7) is 3.06. The summed E-state index contributed by atoms with van der Waals surface area (Å²) in [6.07, 6.45) is 3.85. The van der Waals surface area contributed by atoms with Crippen LogP contribution in [0.5, 0.6) is 0 Å². The molecule has 1 unspecified atom stereocenters. The fourth-order valence-electron chi connectivity index (χ4n) is 2.29. The van der Waals surface area contributed by atoms with Gasteiger partial charge in [0.2, 0.25) is 0 Å². The molecule has 1 atom stereocenters. The van der Waals surface area contributed by atoms with E-state index in [2.05, 4.69) is 5.32 Å². The molecule has 1 aliphatic heterocycles. The molecule has 5 heteroatoms. The molecule has 19 heavy (non-hydrogen) atoms. The van der Waals surface area contributed by atoms with Crippen molar-refractivity contribution in [1.29, 1.82) is 0 Å². The van der Waals surface area contributed by atoms with Crippen molar-refractivity contribution in [2.75, 3.05) is 19.7 Å². The van der Waals surface area contributed by atoms with Crippen LogP contribution in [-0.2, 0) is 11.3 Å². The number of thiophene rings is 1. The van der Waals surface area contributed by atoms with Gasteiger partial charge in [0, 0.05) is 24.6 Å². The molecule has 1 saturated carbocycles. The predicted octanol–water partition coefficient (Wildman–Crippen LogP) is 2.46. The van der Waals surface area contributed by atoms with Crippen LogP contribution in [0.2, 0.25) is 0 Å². The highest BCUT2D eigenvalue weighted by Gasteiger charge is 2.29. The summed E-state index contributed by atoms with van der Waals surface area (Å²) < 4.78 is 5.84. The molecular weight excluding hydrogens is 260 g/mol. The number of likely N-dealkylation sites (tertiary alicyclic amines) is 1. The van der Waals surface area contributed by atoms with E-state index in [9.17, 15) is 4.79 Å². The van der Waals surface area contributed by atoms with E-state index in [1.165, 1.54) is 17.7 Å². The van der Waals surface area contributed by atoms with Gasteiger partial charge in [-0.15, -0.1) is 11.3 Å². The lowest BCUT2D eigenvalue weighted by atomic mass is 10.3. The molecule has 2 aliphatic rings. The van der Waals surface area contributed by atoms with E-state index in [-0.39, 0.29) is 12.1 Å². The van der Waals surface area contributed by atoms with Gasteiger partial charge in [0.1, 0.15) is 0 Å². The lowest BCUT2D eigenvalue weighted by Crippen LogP contribution is -2.38. The van der Waals surface area contributed by atoms with Gasteiger partial charge in [-0.05, 0) is 36.6 Å². The van der Waals surface area contributed by atoms with E-state index in [0.717, 1.165) is 32.0 Å². The molecular formula is C14H20N2O2S. The Morgan fingerprint density at radius 3 is 3.11 bits per heavy atom. The third kappa shape index (κ3) is 3.70. The summed E-state index contributed by atoms with van der Waals surface area (Å²) in [6, 6.07) is 4.08. The Bertz CT molecular complexity index is 417. The van der Waals surface area contributed by atoms with Crippen molar-refractivity contribution in [3.8, 4) is 0 Å². The fourth-order valence-corrected chi connectivity index (χ4v) is 2.94. The Kier molecular flexibility index (Phi) is 4.03. The monoisotopic (exact) mass is 280 g/mol. The van der Waals surface area contributed by atoms with Crippen molar-refractivity contribution in [3.63, 3.8) is 0 Å². The number of rotatable bonds is 5. The number of hydrogen-bond acceptors (Lipinski definition) is 3. The van der Waals surface area contributed by atoms with E-state index < -0.39 is 0 Å². The molecule has 0 radical (unpaired) electrons. The highest BCUT2D eigenvalue weighted by molar-refractivity contribution is 7.09. The average molecular weight is 280 g/mol. The van der Waals surface area contributed by atoms with E-state index in [1.807, 2.05) is 22.4 Å². The van der Waals surface area contributed by atoms with E-state index >= 15 is 0 Å². The van der Waals surface area contributed by atoms with Crippen LogP contribution in [0, 0.1) is 5.92 Å². The molecule has 0 spiro atoms. The molecule has 1 aliphatic carbocycles. The minimum absolute atomic E-state index is 0.0333. The van der Waals surface area contributed by atoms with Crippen LogP contribution in [0.4, 0.5) is 4.79 Å². The number of hydrogen-bond donors (Lipinski definition) is 1. The zero-order valence-electron chi connectivity index (χ0n) is 11.0. The van der Waals surface area contributed by atoms with E-state index in [1.54, 1.807) is 11.3 Å². The normalized spacial score (nSPS) is 22.7. The van der Waals surface area contributed by atoms with Gasteiger partial charge in [0.05, 0.1) is 12.6 Å². The lowest BCUT2D eigenvalue weighted by molar-refractivity contribution is 0.0538. The molecule has 0 aromatic carbocycles. The topological polar surface area (TPSA) is 41.6 Å². The highest BCUT2D eigenvalue weighted by atomic mass is 32.1. The summed E-state index contributed by atoms with van der Waals surface area (Å²) in [5.74, 6) is 0.793. The largest absolute Gasteiger partial charge is 0.376 e. The molecule has 4 nitrogen and oxygen atoms in total. The number of amides is 2. The summed E-state index contributed by atoms with van der Waals surface area (Å²) in [5.41, 5.74) is 0. The van der Waals surface area contributed by atoms with Crippen LogP contribution in [0.1, 0.15) is 24.1 Å². The van der Waals surface area contributed by atoms with Gasteiger partial charge in [-0.2, -0.15) is 0 Å². The zero-order valence-corrected chi connectivity index (χ0v) is 11.8. The molecule has 1 aromatic rings. The van der Waals surface area contributed by atoms with Crippen LogP contribution < -0.4 is 5.32 Å². The van der Waals surface area contributed by atoms with Crippen LogP contribution in [0.15, 0.2) is 17.5 Å². The van der Waals surface area contributed by atoms with E-state index in [0.29, 0.717) is 6.54 Å². The van der Waals surface area contributed by atoms with Crippen molar-refractivity contribution >= 4 is 17.4 Å². The van der Waals surface area contributed by atoms with Crippen LogP contribution >= 0.6 is 11.3 Å². The first kappa shape index (κ1) is 12.9. The molecule has 1 saturated heterocycles. The smallest absolute Gasteiger partial charge is 0.317 e. The maximum absolute atomic E-state index is 12.0. The molecule has 1 N–H and O–H groups in total. The van der Waals surface area contributed by atoms with Gasteiger partial charge in [0.15, 0.2) is 0 Å². The minimum atomic E-state index is 0.0333. The molecule has 3 rings (SSSR count). The Morgan fingerprint density at radius 1 is 1.47 bits per heavy atom. The van der Waals surface area contributed by atoms with Gasteiger partial charge in [-0.1, -0.05) is 6.07 Å². The first-order valence-electron chi connectivity index (χ1n) is 6.98. The fraction of sp³-hybridized carbons (Fsp3) is 0.643. The zero-order chi connectivity index (χ0) is 13.1. The Morgan fingerprint density at radius 2 is 2.37 bits per heavy atom. The summed E-state index contributed by atoms with van der Waals surface area (Å²) >= 11 is 1.67. The standard InChI is InChI=1S/C14H20N2O2S/c17-14(15-8-13-2-1-7-19-13)16-6-5-12(9-16)18-10-11-3-4-11/h1-2,7,11-12H,3-6,8-10H2,(H,15,17). The third-order valence-corrected chi connectivity index (χ3v) is 4.57. The lowest BCUT2D eigenvalue weighted by Gasteiger charge is -2.17. The summed E-state index contributed by atoms with van der Waals surface area (Å²) in [4.78, 5) is 15.1. The van der Waals surface area contributed by atoms with Gasteiger partial charge in [-0.25, -0.2) is 4.79 Å². The second-order valence-corrected chi connectivity index (χ2v) is 6.40. The van der Waals surface area contributed by atoms with Crippen LogP contribution in [0.3, 0.4) is 0 Å². The first-order chi connectivity index (χ1) is 9.31. The first-order valence-corrected chi connectivity index (χ1v) is 7.86. The minimum Gasteiger partial charge on any atom is -0.376 e. The van der Waals surface area contributed by atoms with Crippen molar-refractivity contribution < 1.29 is 9.53 Å². The molecule has 0 bridgehead atoms.